The summed E-state index contributed by atoms with van der Waals surface area (Å²) in [6.07, 6.45) is 4.42. The van der Waals surface area contributed by atoms with Gasteiger partial charge in [-0.15, -0.1) is 12.4 Å². The second-order valence-electron chi connectivity index (χ2n) is 3.95. The second-order valence-corrected chi connectivity index (χ2v) is 3.95. The quantitative estimate of drug-likeness (QED) is 0.786. The topological polar surface area (TPSA) is 34.0 Å². The molecule has 1 aliphatic rings. The zero-order valence-electron chi connectivity index (χ0n) is 8.90. The lowest BCUT2D eigenvalue weighted by atomic mass is 9.93. The Morgan fingerprint density at radius 1 is 1.47 bits per heavy atom. The summed E-state index contributed by atoms with van der Waals surface area (Å²) >= 11 is 0. The number of aryl methyl sites for hydroxylation is 1. The van der Waals surface area contributed by atoms with Crippen LogP contribution in [0.3, 0.4) is 0 Å². The molecule has 15 heavy (non-hydrogen) atoms. The van der Waals surface area contributed by atoms with Gasteiger partial charge in [0.05, 0.1) is 0 Å². The lowest BCUT2D eigenvalue weighted by Gasteiger charge is -2.23. The van der Waals surface area contributed by atoms with Gasteiger partial charge in [0.25, 0.3) is 0 Å². The van der Waals surface area contributed by atoms with Crippen molar-refractivity contribution in [3.05, 3.63) is 34.2 Å². The number of hydrogen-bond acceptors (Lipinski definition) is 2. The van der Waals surface area contributed by atoms with Crippen molar-refractivity contribution >= 4 is 12.4 Å². The Hall–Kier alpha value is -0.800. The molecule has 1 fully saturated rings. The molecule has 0 spiro atoms. The van der Waals surface area contributed by atoms with Gasteiger partial charge < -0.3 is 9.88 Å². The minimum Gasteiger partial charge on any atom is -0.318 e. The van der Waals surface area contributed by atoms with Gasteiger partial charge in [0, 0.05) is 25.9 Å². The third-order valence-corrected chi connectivity index (χ3v) is 2.88. The fraction of sp³-hybridized carbons (Fsp3) is 0.545. The molecule has 0 bridgehead atoms. The maximum Gasteiger partial charge on any atom is 0.250 e. The number of rotatable bonds is 1. The van der Waals surface area contributed by atoms with Gasteiger partial charge in [-0.05, 0) is 30.9 Å². The molecule has 1 unspecified atom stereocenters. The Bertz CT molecular complexity index is 369. The summed E-state index contributed by atoms with van der Waals surface area (Å²) < 4.78 is 1.66. The highest BCUT2D eigenvalue weighted by atomic mass is 35.5. The lowest BCUT2D eigenvalue weighted by molar-refractivity contribution is 0.459. The van der Waals surface area contributed by atoms with E-state index in [4.69, 9.17) is 0 Å². The molecule has 0 aromatic carbocycles. The van der Waals surface area contributed by atoms with E-state index in [2.05, 4.69) is 5.32 Å². The van der Waals surface area contributed by atoms with Crippen LogP contribution in [0.5, 0.6) is 0 Å². The van der Waals surface area contributed by atoms with Crippen LogP contribution in [0.25, 0.3) is 0 Å². The molecule has 3 nitrogen and oxygen atoms in total. The minimum absolute atomic E-state index is 0. The molecule has 4 heteroatoms. The predicted molar refractivity (Wildman–Crippen MR) is 63.8 cm³/mol. The Morgan fingerprint density at radius 3 is 2.87 bits per heavy atom. The van der Waals surface area contributed by atoms with E-state index < -0.39 is 0 Å². The van der Waals surface area contributed by atoms with E-state index in [9.17, 15) is 4.79 Å². The third-order valence-electron chi connectivity index (χ3n) is 2.88. The first-order valence-electron chi connectivity index (χ1n) is 5.14. The maximum absolute atomic E-state index is 11.2. The average molecular weight is 229 g/mol. The van der Waals surface area contributed by atoms with Crippen LogP contribution in [0.15, 0.2) is 23.1 Å². The molecule has 1 aliphatic heterocycles. The SMILES string of the molecule is Cl.Cn1cc(C2CCCNC2)ccc1=O. The number of pyridine rings is 1. The van der Waals surface area contributed by atoms with Crippen molar-refractivity contribution in [2.45, 2.75) is 18.8 Å². The number of nitrogens with zero attached hydrogens (tertiary/aromatic N) is 1. The van der Waals surface area contributed by atoms with Crippen molar-refractivity contribution in [3.63, 3.8) is 0 Å². The molecule has 1 saturated heterocycles. The highest BCUT2D eigenvalue weighted by molar-refractivity contribution is 5.85. The molecular weight excluding hydrogens is 212 g/mol. The highest BCUT2D eigenvalue weighted by Gasteiger charge is 2.15. The van der Waals surface area contributed by atoms with Crippen molar-refractivity contribution in [2.75, 3.05) is 13.1 Å². The van der Waals surface area contributed by atoms with E-state index in [-0.39, 0.29) is 18.0 Å². The van der Waals surface area contributed by atoms with Crippen molar-refractivity contribution in [1.29, 1.82) is 0 Å². The average Bonchev–Trinajstić information content (AvgIpc) is 2.23. The molecule has 0 radical (unpaired) electrons. The lowest BCUT2D eigenvalue weighted by Crippen LogP contribution is -2.29. The van der Waals surface area contributed by atoms with Crippen LogP contribution in [-0.2, 0) is 7.05 Å². The molecule has 0 saturated carbocycles. The van der Waals surface area contributed by atoms with E-state index in [0.717, 1.165) is 13.1 Å². The Balaban J connectivity index is 0.00000112. The van der Waals surface area contributed by atoms with E-state index in [0.29, 0.717) is 5.92 Å². The molecule has 1 atom stereocenters. The first-order valence-corrected chi connectivity index (χ1v) is 5.14. The van der Waals surface area contributed by atoms with Crippen LogP contribution in [-0.4, -0.2) is 17.7 Å². The van der Waals surface area contributed by atoms with Gasteiger partial charge in [-0.3, -0.25) is 4.79 Å². The van der Waals surface area contributed by atoms with Crippen molar-refractivity contribution in [2.24, 2.45) is 7.05 Å². The van der Waals surface area contributed by atoms with Gasteiger partial charge in [-0.2, -0.15) is 0 Å². The Kier molecular flexibility index (Phi) is 4.36. The first kappa shape index (κ1) is 12.3. The van der Waals surface area contributed by atoms with Gasteiger partial charge in [0.15, 0.2) is 0 Å². The summed E-state index contributed by atoms with van der Waals surface area (Å²) in [6.45, 7) is 2.17. The van der Waals surface area contributed by atoms with E-state index in [1.807, 2.05) is 19.3 Å². The summed E-state index contributed by atoms with van der Waals surface area (Å²) in [5, 5.41) is 3.38. The Morgan fingerprint density at radius 2 is 2.27 bits per heavy atom. The van der Waals surface area contributed by atoms with E-state index in [1.165, 1.54) is 18.4 Å². The van der Waals surface area contributed by atoms with Crippen LogP contribution in [0.1, 0.15) is 24.3 Å². The van der Waals surface area contributed by atoms with Crippen LogP contribution in [0.2, 0.25) is 0 Å². The number of hydrogen-bond donors (Lipinski definition) is 1. The predicted octanol–water partition coefficient (Wildman–Crippen LogP) is 1.27. The van der Waals surface area contributed by atoms with Gasteiger partial charge in [0.1, 0.15) is 0 Å². The summed E-state index contributed by atoms with van der Waals surface area (Å²) in [5.41, 5.74) is 1.34. The molecule has 84 valence electrons. The van der Waals surface area contributed by atoms with Gasteiger partial charge in [-0.1, -0.05) is 6.07 Å². The zero-order chi connectivity index (χ0) is 9.97. The van der Waals surface area contributed by atoms with Gasteiger partial charge in [0.2, 0.25) is 5.56 Å². The summed E-state index contributed by atoms with van der Waals surface area (Å²) in [6, 6.07) is 3.62. The maximum atomic E-state index is 11.2. The summed E-state index contributed by atoms with van der Waals surface area (Å²) in [5.74, 6) is 0.579. The molecule has 2 heterocycles. The van der Waals surface area contributed by atoms with Crippen LogP contribution in [0, 0.1) is 0 Å². The number of nitrogens with one attached hydrogen (secondary N) is 1. The van der Waals surface area contributed by atoms with Crippen molar-refractivity contribution < 1.29 is 0 Å². The van der Waals surface area contributed by atoms with Crippen LogP contribution < -0.4 is 10.9 Å². The minimum atomic E-state index is 0. The standard InChI is InChI=1S/C11H16N2O.ClH/c1-13-8-10(4-5-11(13)14)9-3-2-6-12-7-9;/h4-5,8-9,12H,2-3,6-7H2,1H3;1H. The van der Waals surface area contributed by atoms with Crippen LogP contribution in [0.4, 0.5) is 0 Å². The van der Waals surface area contributed by atoms with Gasteiger partial charge in [-0.25, -0.2) is 0 Å². The number of piperidine rings is 1. The van der Waals surface area contributed by atoms with E-state index >= 15 is 0 Å². The van der Waals surface area contributed by atoms with Crippen LogP contribution >= 0.6 is 12.4 Å². The van der Waals surface area contributed by atoms with Crippen molar-refractivity contribution in [1.82, 2.24) is 9.88 Å². The smallest absolute Gasteiger partial charge is 0.250 e. The molecule has 1 aromatic heterocycles. The first-order chi connectivity index (χ1) is 6.77. The molecule has 2 rings (SSSR count). The fourth-order valence-electron chi connectivity index (χ4n) is 1.99. The molecule has 0 amide bonds. The molecular formula is C11H17ClN2O. The molecule has 1 aromatic rings. The summed E-state index contributed by atoms with van der Waals surface area (Å²) in [7, 11) is 1.81. The number of aromatic nitrogens is 1. The van der Waals surface area contributed by atoms with E-state index in [1.54, 1.807) is 10.6 Å². The number of halogens is 1. The summed E-state index contributed by atoms with van der Waals surface area (Å²) in [4.78, 5) is 11.2. The van der Waals surface area contributed by atoms with Crippen molar-refractivity contribution in [3.8, 4) is 0 Å². The third kappa shape index (κ3) is 2.83. The fourth-order valence-corrected chi connectivity index (χ4v) is 1.99. The second kappa shape index (κ2) is 5.33. The molecule has 1 N–H and O–H groups in total. The highest BCUT2D eigenvalue weighted by Crippen LogP contribution is 2.21. The Labute approximate surface area is 95.9 Å². The normalized spacial score (nSPS) is 20.7. The monoisotopic (exact) mass is 228 g/mol. The largest absolute Gasteiger partial charge is 0.318 e. The zero-order valence-corrected chi connectivity index (χ0v) is 9.72. The van der Waals surface area contributed by atoms with Gasteiger partial charge >= 0.3 is 0 Å². The molecule has 0 aliphatic carbocycles.